The number of unbranched alkanes of at least 4 members (excludes halogenated alkanes) is 37. The predicted molar refractivity (Wildman–Crippen MR) is 327 cm³/mol. The lowest BCUT2D eigenvalue weighted by Crippen LogP contribution is -2.65. The average molecular weight is 1060 g/mol. The van der Waals surface area contributed by atoms with Crippen molar-refractivity contribution in [3.8, 4) is 0 Å². The van der Waals surface area contributed by atoms with E-state index in [-0.39, 0.29) is 23.7 Å². The van der Waals surface area contributed by atoms with Crippen LogP contribution in [0.1, 0.15) is 362 Å². The monoisotopic (exact) mass is 1060 g/mol. The van der Waals surface area contributed by atoms with Crippen molar-refractivity contribution in [1.29, 1.82) is 0 Å². The van der Waals surface area contributed by atoms with Gasteiger partial charge in [0, 0.05) is 25.4 Å². The van der Waals surface area contributed by atoms with E-state index in [4.69, 9.17) is 4.74 Å². The van der Waals surface area contributed by atoms with E-state index in [1.165, 1.54) is 244 Å². The van der Waals surface area contributed by atoms with Gasteiger partial charge in [0.15, 0.2) is 0 Å². The van der Waals surface area contributed by atoms with Gasteiger partial charge in [0.1, 0.15) is 5.54 Å². The molecule has 1 unspecified atom stereocenters. The molecule has 1 rings (SSSR count). The smallest absolute Gasteiger partial charge is 0.305 e. The lowest BCUT2D eigenvalue weighted by atomic mass is 9.73. The molecule has 1 fully saturated rings. The number of nitrogens with zero attached hydrogens (tertiary/aromatic N) is 2. The summed E-state index contributed by atoms with van der Waals surface area (Å²) < 4.78 is 5.96. The zero-order valence-electron chi connectivity index (χ0n) is 51.8. The molecule has 1 aliphatic rings. The van der Waals surface area contributed by atoms with Gasteiger partial charge in [-0.25, -0.2) is 0 Å². The summed E-state index contributed by atoms with van der Waals surface area (Å²) in [5.41, 5.74) is -0.735. The molecule has 0 radical (unpaired) electrons. The Balaban J connectivity index is 2.89. The molecule has 1 atom stereocenters. The highest BCUT2D eigenvalue weighted by Gasteiger charge is 2.51. The number of amides is 2. The summed E-state index contributed by atoms with van der Waals surface area (Å²) in [7, 11) is 2.19. The molecule has 7 nitrogen and oxygen atoms in total. The van der Waals surface area contributed by atoms with Crippen molar-refractivity contribution in [1.82, 2.24) is 15.1 Å². The fourth-order valence-corrected chi connectivity index (χ4v) is 11.9. The van der Waals surface area contributed by atoms with Crippen molar-refractivity contribution >= 4 is 17.8 Å². The maximum atomic E-state index is 15.2. The Labute approximate surface area is 469 Å². The molecule has 1 N–H and O–H groups in total. The summed E-state index contributed by atoms with van der Waals surface area (Å²) in [6.45, 7) is 15.3. The molecule has 0 aliphatic heterocycles. The Kier molecular flexibility index (Phi) is 50.5. The number of nitrogens with one attached hydrogen (secondary N) is 1. The van der Waals surface area contributed by atoms with Crippen LogP contribution in [-0.4, -0.2) is 73.0 Å². The Bertz CT molecular complexity index is 1230. The van der Waals surface area contributed by atoms with E-state index in [1.54, 1.807) is 0 Å². The van der Waals surface area contributed by atoms with Crippen LogP contribution >= 0.6 is 0 Å². The van der Waals surface area contributed by atoms with Gasteiger partial charge >= 0.3 is 5.97 Å². The molecule has 444 valence electrons. The minimum atomic E-state index is -0.735. The molecule has 0 heterocycles. The van der Waals surface area contributed by atoms with E-state index < -0.39 is 5.54 Å². The van der Waals surface area contributed by atoms with Crippen LogP contribution in [0.3, 0.4) is 0 Å². The molecular weight excluding hydrogens is 923 g/mol. The molecule has 1 aliphatic carbocycles. The van der Waals surface area contributed by atoms with Crippen LogP contribution in [0.25, 0.3) is 0 Å². The first-order valence-corrected chi connectivity index (χ1v) is 34.2. The van der Waals surface area contributed by atoms with Crippen LogP contribution in [0.2, 0.25) is 0 Å². The van der Waals surface area contributed by atoms with Crippen LogP contribution in [0, 0.1) is 11.8 Å². The third-order valence-electron chi connectivity index (χ3n) is 17.5. The van der Waals surface area contributed by atoms with Crippen LogP contribution in [0.4, 0.5) is 0 Å². The number of rotatable bonds is 59. The highest BCUT2D eigenvalue weighted by molar-refractivity contribution is 5.93. The molecule has 0 saturated heterocycles. The minimum absolute atomic E-state index is 0.00414. The Morgan fingerprint density at radius 3 is 1.17 bits per heavy atom. The second kappa shape index (κ2) is 53.0. The minimum Gasteiger partial charge on any atom is -0.465 e. The molecule has 0 bridgehead atoms. The number of ether oxygens (including phenoxy) is 1. The van der Waals surface area contributed by atoms with Crippen molar-refractivity contribution in [2.45, 2.75) is 368 Å². The van der Waals surface area contributed by atoms with Gasteiger partial charge in [-0.15, -0.1) is 0 Å². The first kappa shape index (κ1) is 71.4. The first-order chi connectivity index (χ1) is 36.8. The van der Waals surface area contributed by atoms with Gasteiger partial charge in [-0.1, -0.05) is 285 Å². The summed E-state index contributed by atoms with van der Waals surface area (Å²) in [6.07, 6.45) is 62.0. The summed E-state index contributed by atoms with van der Waals surface area (Å²) >= 11 is 0. The molecular formula is C68H133N3O4. The highest BCUT2D eigenvalue weighted by Crippen LogP contribution is 2.40. The van der Waals surface area contributed by atoms with Gasteiger partial charge in [-0.05, 0) is 96.7 Å². The van der Waals surface area contributed by atoms with Gasteiger partial charge in [0.25, 0.3) is 0 Å². The molecule has 7 heteroatoms. The lowest BCUT2D eigenvalue weighted by Gasteiger charge is -2.50. The predicted octanol–water partition coefficient (Wildman–Crippen LogP) is 20.4. The summed E-state index contributed by atoms with van der Waals surface area (Å²) in [6, 6.07) is 0. The van der Waals surface area contributed by atoms with Gasteiger partial charge in [-0.3, -0.25) is 14.4 Å². The Hall–Kier alpha value is -1.63. The Morgan fingerprint density at radius 2 is 0.800 bits per heavy atom. The van der Waals surface area contributed by atoms with E-state index >= 15 is 4.79 Å². The third-order valence-corrected chi connectivity index (χ3v) is 17.5. The van der Waals surface area contributed by atoms with Gasteiger partial charge in [0.2, 0.25) is 11.8 Å². The lowest BCUT2D eigenvalue weighted by molar-refractivity contribution is -0.157. The summed E-state index contributed by atoms with van der Waals surface area (Å²) in [5, 5.41) is 3.33. The van der Waals surface area contributed by atoms with Crippen LogP contribution in [-0.2, 0) is 19.1 Å². The number of esters is 1. The quantitative estimate of drug-likeness (QED) is 0.0485. The Morgan fingerprint density at radius 1 is 0.440 bits per heavy atom. The molecule has 0 spiro atoms. The fraction of sp³-hybridized carbons (Fsp3) is 0.956. The topological polar surface area (TPSA) is 79.0 Å². The molecule has 2 amide bonds. The molecule has 0 aromatic rings. The van der Waals surface area contributed by atoms with Crippen LogP contribution < -0.4 is 5.32 Å². The number of carbonyl (C=O) groups excluding carboxylic acids is 3. The van der Waals surface area contributed by atoms with Gasteiger partial charge in [-0.2, -0.15) is 0 Å². The number of hydrogen-bond acceptors (Lipinski definition) is 5. The van der Waals surface area contributed by atoms with Crippen molar-refractivity contribution in [3.05, 3.63) is 0 Å². The van der Waals surface area contributed by atoms with E-state index in [2.05, 4.69) is 56.8 Å². The van der Waals surface area contributed by atoms with Gasteiger partial charge in [0.05, 0.1) is 6.61 Å². The van der Waals surface area contributed by atoms with Crippen LogP contribution in [0.15, 0.2) is 0 Å². The summed E-state index contributed by atoms with van der Waals surface area (Å²) in [4.78, 5) is 47.2. The SMILES string of the molecule is CCCCCCCCCCCCCCC(CCCCCCCCCCCCCC)C(=O)N(CCCCCN(C)CC)C1(C(=O)NCCCCC(=O)OCC(CCCCCCCC)CCCCCCCCCC)CCC1. The van der Waals surface area contributed by atoms with Crippen molar-refractivity contribution in [2.75, 3.05) is 39.8 Å². The molecule has 0 aromatic carbocycles. The summed E-state index contributed by atoms with van der Waals surface area (Å²) in [5.74, 6) is 0.694. The third kappa shape index (κ3) is 39.4. The van der Waals surface area contributed by atoms with Crippen molar-refractivity contribution < 1.29 is 19.1 Å². The van der Waals surface area contributed by atoms with E-state index in [0.29, 0.717) is 38.5 Å². The molecule has 1 saturated carbocycles. The number of hydrogen-bond donors (Lipinski definition) is 1. The molecule has 75 heavy (non-hydrogen) atoms. The second-order valence-corrected chi connectivity index (χ2v) is 24.5. The van der Waals surface area contributed by atoms with E-state index in [1.807, 2.05) is 0 Å². The fourth-order valence-electron chi connectivity index (χ4n) is 11.9. The average Bonchev–Trinajstić information content (AvgIpc) is 3.40. The largest absolute Gasteiger partial charge is 0.465 e. The first-order valence-electron chi connectivity index (χ1n) is 34.2. The maximum Gasteiger partial charge on any atom is 0.305 e. The zero-order valence-corrected chi connectivity index (χ0v) is 51.8. The maximum absolute atomic E-state index is 15.2. The molecule has 0 aromatic heterocycles. The van der Waals surface area contributed by atoms with E-state index in [9.17, 15) is 9.59 Å². The standard InChI is InChI=1S/C68H133N3O4/c1-7-12-16-20-24-27-29-31-33-36-40-45-54-64(55-46-41-37-34-32-30-28-25-21-17-13-8-2)66(73)71(61-50-42-49-60-70(6)11-5)68(57-51-58-68)67(74)69-59-48-47-56-65(72)75-62-63(52-43-38-23-19-15-10-4)53-44-39-35-26-22-18-14-9-3/h63-64H,7-62H2,1-6H3,(H,69,74). The van der Waals surface area contributed by atoms with E-state index in [0.717, 1.165) is 83.7 Å². The van der Waals surface area contributed by atoms with Crippen molar-refractivity contribution in [3.63, 3.8) is 0 Å². The zero-order chi connectivity index (χ0) is 54.6. The van der Waals surface area contributed by atoms with Gasteiger partial charge < -0.3 is 19.9 Å². The second-order valence-electron chi connectivity index (χ2n) is 24.5. The number of carbonyl (C=O) groups is 3. The van der Waals surface area contributed by atoms with Crippen molar-refractivity contribution in [2.24, 2.45) is 11.8 Å². The normalized spacial score (nSPS) is 13.7. The highest BCUT2D eigenvalue weighted by atomic mass is 16.5. The van der Waals surface area contributed by atoms with Crippen LogP contribution in [0.5, 0.6) is 0 Å².